The van der Waals surface area contributed by atoms with E-state index in [9.17, 15) is 19.2 Å². The molecule has 1 unspecified atom stereocenters. The molecular weight excluding hydrogens is 523 g/mol. The first-order chi connectivity index (χ1) is 18.7. The predicted octanol–water partition coefficient (Wildman–Crippen LogP) is 3.41. The minimum atomic E-state index is -2.32. The number of carbonyl (C=O) groups excluding carboxylic acids is 2. The monoisotopic (exact) mass is 550 g/mol. The van der Waals surface area contributed by atoms with Gasteiger partial charge in [0.05, 0.1) is 37.7 Å². The number of benzene rings is 1. The Morgan fingerprint density at radius 2 is 2.00 bits per heavy atom. The van der Waals surface area contributed by atoms with E-state index in [2.05, 4.69) is 20.5 Å². The van der Waals surface area contributed by atoms with E-state index in [0.717, 1.165) is 18.9 Å². The third-order valence-electron chi connectivity index (χ3n) is 6.44. The van der Waals surface area contributed by atoms with E-state index in [1.807, 2.05) is 32.0 Å². The lowest BCUT2D eigenvalue weighted by Crippen LogP contribution is -2.45. The van der Waals surface area contributed by atoms with Crippen molar-refractivity contribution in [2.45, 2.75) is 38.3 Å². The number of ether oxygens (including phenoxy) is 2. The van der Waals surface area contributed by atoms with Crippen molar-refractivity contribution >= 4 is 34.1 Å². The Bertz CT molecular complexity index is 1430. The van der Waals surface area contributed by atoms with E-state index in [1.54, 1.807) is 17.5 Å². The van der Waals surface area contributed by atoms with Gasteiger partial charge in [-0.3, -0.25) is 9.59 Å². The molecule has 0 spiro atoms. The van der Waals surface area contributed by atoms with E-state index in [1.165, 1.54) is 23.5 Å². The van der Waals surface area contributed by atoms with Gasteiger partial charge < -0.3 is 25.0 Å². The Balaban J connectivity index is 1.19. The van der Waals surface area contributed by atoms with Gasteiger partial charge >= 0.3 is 0 Å². The van der Waals surface area contributed by atoms with Crippen molar-refractivity contribution in [1.29, 1.82) is 5.26 Å². The van der Waals surface area contributed by atoms with E-state index in [4.69, 9.17) is 14.5 Å². The van der Waals surface area contributed by atoms with Crippen LogP contribution in [0.4, 0.5) is 15.3 Å². The number of pyridine rings is 1. The molecule has 2 aliphatic rings. The number of anilines is 2. The van der Waals surface area contributed by atoms with Gasteiger partial charge in [-0.15, -0.1) is 11.3 Å². The van der Waals surface area contributed by atoms with Crippen molar-refractivity contribution in [2.75, 3.05) is 36.5 Å². The molecule has 3 aromatic rings. The second-order valence-corrected chi connectivity index (χ2v) is 10.4. The van der Waals surface area contributed by atoms with Crippen molar-refractivity contribution in [2.24, 2.45) is 0 Å². The van der Waals surface area contributed by atoms with Crippen LogP contribution in [0.1, 0.15) is 35.3 Å². The fourth-order valence-electron chi connectivity index (χ4n) is 4.67. The molecule has 1 saturated heterocycles. The van der Waals surface area contributed by atoms with Crippen LogP contribution in [0, 0.1) is 11.3 Å². The van der Waals surface area contributed by atoms with E-state index < -0.39 is 24.1 Å². The molecule has 0 aliphatic carbocycles. The highest BCUT2D eigenvalue weighted by atomic mass is 32.1. The van der Waals surface area contributed by atoms with Crippen LogP contribution in [0.15, 0.2) is 41.8 Å². The number of fused-ring (bicyclic) bond motifs is 1. The van der Waals surface area contributed by atoms with Gasteiger partial charge in [-0.1, -0.05) is 12.1 Å². The standard InChI is InChI=1S/C27H27FN6O4S/c1-16-10-34(11-17(2)38-16)23-5-3-4-21(31-23)22-13-39-26(32-22)33-24(35)9-30-25(36)18-6-7-19-12-37-15-27(28,14-29)20(19)8-18/h3-8,13,16-17H,9-12,15H2,1-2H3,(H,30,36)(H,32,33,35)/t16-,17+,27?. The molecule has 1 fully saturated rings. The average molecular weight is 551 g/mol. The molecule has 0 bridgehead atoms. The molecular formula is C27H27FN6O4S. The van der Waals surface area contributed by atoms with Crippen LogP contribution in [0.5, 0.6) is 0 Å². The highest BCUT2D eigenvalue weighted by molar-refractivity contribution is 7.14. The Kier molecular flexibility index (Phi) is 7.56. The number of rotatable bonds is 6. The van der Waals surface area contributed by atoms with Crippen molar-refractivity contribution in [3.63, 3.8) is 0 Å². The fourth-order valence-corrected chi connectivity index (χ4v) is 5.39. The van der Waals surface area contributed by atoms with Crippen LogP contribution in [0.2, 0.25) is 0 Å². The molecule has 10 nitrogen and oxygen atoms in total. The molecule has 2 aromatic heterocycles. The second-order valence-electron chi connectivity index (χ2n) is 9.59. The number of aromatic nitrogens is 2. The number of thiazole rings is 1. The largest absolute Gasteiger partial charge is 0.372 e. The summed E-state index contributed by atoms with van der Waals surface area (Å²) in [4.78, 5) is 36.5. The summed E-state index contributed by atoms with van der Waals surface area (Å²) in [5, 5.41) is 16.6. The Labute approximate surface area is 228 Å². The topological polar surface area (TPSA) is 129 Å². The number of nitrogens with one attached hydrogen (secondary N) is 2. The Morgan fingerprint density at radius 3 is 2.77 bits per heavy atom. The maximum Gasteiger partial charge on any atom is 0.251 e. The highest BCUT2D eigenvalue weighted by Gasteiger charge is 2.38. The van der Waals surface area contributed by atoms with E-state index in [-0.39, 0.29) is 36.5 Å². The summed E-state index contributed by atoms with van der Waals surface area (Å²) in [6.45, 7) is 5.02. The predicted molar refractivity (Wildman–Crippen MR) is 143 cm³/mol. The van der Waals surface area contributed by atoms with Crippen LogP contribution in [-0.4, -0.2) is 60.2 Å². The van der Waals surface area contributed by atoms with Crippen LogP contribution < -0.4 is 15.5 Å². The minimum Gasteiger partial charge on any atom is -0.372 e. The van der Waals surface area contributed by atoms with Gasteiger partial charge in [-0.25, -0.2) is 14.4 Å². The first-order valence-corrected chi connectivity index (χ1v) is 13.3. The maximum atomic E-state index is 14.9. The molecule has 3 atom stereocenters. The van der Waals surface area contributed by atoms with E-state index in [0.29, 0.717) is 22.1 Å². The summed E-state index contributed by atoms with van der Waals surface area (Å²) in [6, 6.07) is 11.7. The number of morpholine rings is 1. The molecule has 0 radical (unpaired) electrons. The summed E-state index contributed by atoms with van der Waals surface area (Å²) in [7, 11) is 0. The lowest BCUT2D eigenvalue weighted by atomic mass is 9.89. The number of carbonyl (C=O) groups is 2. The zero-order valence-electron chi connectivity index (χ0n) is 21.4. The summed E-state index contributed by atoms with van der Waals surface area (Å²) in [5.41, 5.74) is -0.249. The van der Waals surface area contributed by atoms with Gasteiger partial charge in [-0.2, -0.15) is 5.26 Å². The van der Waals surface area contributed by atoms with Gasteiger partial charge in [0.15, 0.2) is 5.13 Å². The van der Waals surface area contributed by atoms with Crippen molar-refractivity contribution < 1.29 is 23.5 Å². The summed E-state index contributed by atoms with van der Waals surface area (Å²) < 4.78 is 25.8. The van der Waals surface area contributed by atoms with Crippen molar-refractivity contribution in [3.05, 3.63) is 58.5 Å². The molecule has 0 saturated carbocycles. The summed E-state index contributed by atoms with van der Waals surface area (Å²) >= 11 is 1.25. The third-order valence-corrected chi connectivity index (χ3v) is 7.19. The second kappa shape index (κ2) is 11.1. The van der Waals surface area contributed by atoms with Crippen molar-refractivity contribution in [1.82, 2.24) is 15.3 Å². The zero-order chi connectivity index (χ0) is 27.6. The third kappa shape index (κ3) is 5.90. The number of hydrogen-bond donors (Lipinski definition) is 2. The molecule has 5 rings (SSSR count). The smallest absolute Gasteiger partial charge is 0.251 e. The number of nitriles is 1. The van der Waals surface area contributed by atoms with Crippen LogP contribution in [0.3, 0.4) is 0 Å². The zero-order valence-corrected chi connectivity index (χ0v) is 22.3. The van der Waals surface area contributed by atoms with Crippen molar-refractivity contribution in [3.8, 4) is 17.5 Å². The van der Waals surface area contributed by atoms with Crippen LogP contribution in [-0.2, 0) is 26.5 Å². The first kappa shape index (κ1) is 26.7. The van der Waals surface area contributed by atoms with Gasteiger partial charge in [0.25, 0.3) is 5.91 Å². The van der Waals surface area contributed by atoms with Gasteiger partial charge in [0.1, 0.15) is 17.6 Å². The molecule has 202 valence electrons. The molecule has 2 amide bonds. The number of nitrogens with zero attached hydrogens (tertiary/aromatic N) is 4. The maximum absolute atomic E-state index is 14.9. The fraction of sp³-hybridized carbons (Fsp3) is 0.370. The van der Waals surface area contributed by atoms with Gasteiger partial charge in [0, 0.05) is 29.6 Å². The van der Waals surface area contributed by atoms with Gasteiger partial charge in [0.2, 0.25) is 11.6 Å². The lowest BCUT2D eigenvalue weighted by molar-refractivity contribution is -0.115. The summed E-state index contributed by atoms with van der Waals surface area (Å²) in [6.07, 6.45) is 0.217. The lowest BCUT2D eigenvalue weighted by Gasteiger charge is -2.36. The molecule has 2 N–H and O–H groups in total. The Morgan fingerprint density at radius 1 is 1.21 bits per heavy atom. The summed E-state index contributed by atoms with van der Waals surface area (Å²) in [5.74, 6) is -0.192. The number of alkyl halides is 1. The highest BCUT2D eigenvalue weighted by Crippen LogP contribution is 2.34. The average Bonchev–Trinajstić information content (AvgIpc) is 3.40. The van der Waals surface area contributed by atoms with Crippen LogP contribution in [0.25, 0.3) is 11.4 Å². The SMILES string of the molecule is C[C@@H]1CN(c2cccc(-c3csc(NC(=O)CNC(=O)c4ccc5c(c4)C(F)(C#N)COC5)n3)n2)C[C@H](C)O1. The van der Waals surface area contributed by atoms with Crippen LogP contribution >= 0.6 is 11.3 Å². The van der Waals surface area contributed by atoms with Gasteiger partial charge in [-0.05, 0) is 43.7 Å². The molecule has 12 heteroatoms. The van der Waals surface area contributed by atoms with E-state index >= 15 is 0 Å². The Hall–Kier alpha value is -3.92. The first-order valence-electron chi connectivity index (χ1n) is 12.5. The number of amides is 2. The number of halogens is 1. The molecule has 2 aliphatic heterocycles. The quantitative estimate of drug-likeness (QED) is 0.478. The molecule has 4 heterocycles. The molecule has 1 aromatic carbocycles. The normalized spacial score (nSPS) is 22.5. The molecule has 39 heavy (non-hydrogen) atoms. The minimum absolute atomic E-state index is 0.109. The number of hydrogen-bond acceptors (Lipinski definition) is 9.